The number of carbonyl (C=O) groups is 3. The van der Waals surface area contributed by atoms with Gasteiger partial charge in [0.05, 0.1) is 16.5 Å². The number of carbonyl (C=O) groups excluding carboxylic acids is 3. The van der Waals surface area contributed by atoms with Crippen LogP contribution >= 0.6 is 11.8 Å². The van der Waals surface area contributed by atoms with Crippen LogP contribution in [0.25, 0.3) is 5.82 Å². The Morgan fingerprint density at radius 1 is 1.23 bits per heavy atom. The predicted molar refractivity (Wildman–Crippen MR) is 115 cm³/mol. The molecule has 3 aromatic rings. The number of anilines is 1. The number of rotatable bonds is 5. The van der Waals surface area contributed by atoms with E-state index < -0.39 is 12.6 Å². The van der Waals surface area contributed by atoms with Gasteiger partial charge in [-0.15, -0.1) is 11.8 Å². The highest BCUT2D eigenvalue weighted by Crippen LogP contribution is 2.36. The molecule has 1 aliphatic rings. The number of Topliss-reactive ketones (excluding diaryl/α,β-unsaturated/α-hetero) is 1. The fourth-order valence-electron chi connectivity index (χ4n) is 3.48. The Hall–Kier alpha value is -3.33. The molecular formula is C22H21N3O5S. The van der Waals surface area contributed by atoms with Gasteiger partial charge in [0.25, 0.3) is 0 Å². The average Bonchev–Trinajstić information content (AvgIpc) is 3.28. The number of benzene rings is 1. The SMILES string of the molecule is Cc1cc(-n2c(C)cc(C(=O)COC(=O)c3ccc4c(c3)NC(=O)[C@H](C)S4)c2C)no1. The summed E-state index contributed by atoms with van der Waals surface area (Å²) in [5.74, 6) is 0.194. The summed E-state index contributed by atoms with van der Waals surface area (Å²) in [6.07, 6.45) is 0. The van der Waals surface area contributed by atoms with Crippen LogP contribution in [0.3, 0.4) is 0 Å². The van der Waals surface area contributed by atoms with E-state index in [2.05, 4.69) is 10.5 Å². The minimum Gasteiger partial charge on any atom is -0.454 e. The molecule has 0 unspecified atom stereocenters. The number of nitrogens with zero attached hydrogens (tertiary/aromatic N) is 2. The number of aromatic nitrogens is 2. The van der Waals surface area contributed by atoms with E-state index in [-0.39, 0.29) is 22.5 Å². The fraction of sp³-hybridized carbons (Fsp3) is 0.273. The van der Waals surface area contributed by atoms with Crippen LogP contribution in [0.2, 0.25) is 0 Å². The molecule has 3 heterocycles. The number of ether oxygens (including phenoxy) is 1. The molecule has 8 nitrogen and oxygen atoms in total. The van der Waals surface area contributed by atoms with Gasteiger partial charge in [-0.05, 0) is 52.0 Å². The van der Waals surface area contributed by atoms with Crippen LogP contribution in [-0.2, 0) is 9.53 Å². The van der Waals surface area contributed by atoms with E-state index in [0.29, 0.717) is 28.5 Å². The minimum absolute atomic E-state index is 0.115. The van der Waals surface area contributed by atoms with Gasteiger partial charge in [0.15, 0.2) is 12.4 Å². The van der Waals surface area contributed by atoms with E-state index in [4.69, 9.17) is 9.26 Å². The smallest absolute Gasteiger partial charge is 0.338 e. The molecule has 9 heteroatoms. The molecule has 1 atom stereocenters. The molecule has 0 spiro atoms. The second kappa shape index (κ2) is 8.07. The van der Waals surface area contributed by atoms with Gasteiger partial charge >= 0.3 is 5.97 Å². The van der Waals surface area contributed by atoms with Crippen molar-refractivity contribution in [3.05, 3.63) is 58.6 Å². The molecule has 31 heavy (non-hydrogen) atoms. The predicted octanol–water partition coefficient (Wildman–Crippen LogP) is 3.86. The van der Waals surface area contributed by atoms with E-state index >= 15 is 0 Å². The van der Waals surface area contributed by atoms with Crippen molar-refractivity contribution in [2.24, 2.45) is 0 Å². The molecule has 0 saturated carbocycles. The van der Waals surface area contributed by atoms with Crippen molar-refractivity contribution >= 4 is 35.1 Å². The van der Waals surface area contributed by atoms with Crippen molar-refractivity contribution in [3.8, 4) is 5.82 Å². The lowest BCUT2D eigenvalue weighted by Gasteiger charge is -2.21. The molecule has 0 radical (unpaired) electrons. The molecule has 1 N–H and O–H groups in total. The molecule has 0 saturated heterocycles. The van der Waals surface area contributed by atoms with Gasteiger partial charge in [0.1, 0.15) is 5.76 Å². The zero-order chi connectivity index (χ0) is 22.3. The van der Waals surface area contributed by atoms with E-state index in [0.717, 1.165) is 10.6 Å². The largest absolute Gasteiger partial charge is 0.454 e. The van der Waals surface area contributed by atoms with Crippen molar-refractivity contribution < 1.29 is 23.6 Å². The normalized spacial score (nSPS) is 15.4. The lowest BCUT2D eigenvalue weighted by Crippen LogP contribution is -2.26. The number of fused-ring (bicyclic) bond motifs is 1. The van der Waals surface area contributed by atoms with Gasteiger partial charge in [-0.2, -0.15) is 0 Å². The van der Waals surface area contributed by atoms with E-state index in [1.165, 1.54) is 11.8 Å². The Morgan fingerprint density at radius 2 is 2.00 bits per heavy atom. The monoisotopic (exact) mass is 439 g/mol. The van der Waals surface area contributed by atoms with Crippen LogP contribution in [0.5, 0.6) is 0 Å². The highest BCUT2D eigenvalue weighted by molar-refractivity contribution is 8.00. The minimum atomic E-state index is -0.630. The van der Waals surface area contributed by atoms with Crippen LogP contribution < -0.4 is 5.32 Å². The zero-order valence-electron chi connectivity index (χ0n) is 17.5. The number of hydrogen-bond acceptors (Lipinski definition) is 7. The second-order valence-electron chi connectivity index (χ2n) is 7.38. The third kappa shape index (κ3) is 4.00. The summed E-state index contributed by atoms with van der Waals surface area (Å²) in [6.45, 7) is 6.88. The van der Waals surface area contributed by atoms with E-state index in [1.54, 1.807) is 44.2 Å². The van der Waals surface area contributed by atoms with Crippen molar-refractivity contribution in [2.75, 3.05) is 11.9 Å². The number of aryl methyl sites for hydroxylation is 2. The molecule has 0 aliphatic carbocycles. The first-order valence-corrected chi connectivity index (χ1v) is 10.6. The van der Waals surface area contributed by atoms with Crippen molar-refractivity contribution in [1.29, 1.82) is 0 Å². The van der Waals surface area contributed by atoms with Crippen LogP contribution in [-0.4, -0.2) is 39.2 Å². The highest BCUT2D eigenvalue weighted by atomic mass is 32.2. The van der Waals surface area contributed by atoms with Crippen molar-refractivity contribution in [3.63, 3.8) is 0 Å². The summed E-state index contributed by atoms with van der Waals surface area (Å²) in [4.78, 5) is 37.9. The molecule has 1 amide bonds. The zero-order valence-corrected chi connectivity index (χ0v) is 18.3. The number of hydrogen-bond donors (Lipinski definition) is 1. The van der Waals surface area contributed by atoms with Gasteiger partial charge < -0.3 is 14.6 Å². The third-order valence-corrected chi connectivity index (χ3v) is 6.23. The van der Waals surface area contributed by atoms with Crippen LogP contribution in [0.1, 0.15) is 44.8 Å². The number of esters is 1. The lowest BCUT2D eigenvalue weighted by atomic mass is 10.1. The summed E-state index contributed by atoms with van der Waals surface area (Å²) >= 11 is 1.43. The Balaban J connectivity index is 1.47. The quantitative estimate of drug-likeness (QED) is 0.475. The van der Waals surface area contributed by atoms with Crippen molar-refractivity contribution in [2.45, 2.75) is 37.8 Å². The number of amides is 1. The van der Waals surface area contributed by atoms with E-state index in [1.807, 2.05) is 18.4 Å². The molecule has 160 valence electrons. The maximum Gasteiger partial charge on any atom is 0.338 e. The van der Waals surface area contributed by atoms with E-state index in [9.17, 15) is 14.4 Å². The average molecular weight is 439 g/mol. The summed E-state index contributed by atoms with van der Waals surface area (Å²) < 4.78 is 12.2. The Morgan fingerprint density at radius 3 is 2.71 bits per heavy atom. The van der Waals surface area contributed by atoms with Crippen LogP contribution in [0, 0.1) is 20.8 Å². The molecule has 4 rings (SSSR count). The first-order chi connectivity index (χ1) is 14.7. The Kier molecular flexibility index (Phi) is 5.45. The standard InChI is InChI=1S/C22H21N3O5S/c1-11-7-16(13(3)25(11)20-8-12(2)30-24-20)18(26)10-29-22(28)15-5-6-19-17(9-15)23-21(27)14(4)31-19/h5-9,14H,10H2,1-4H3,(H,23,27)/t14-/m0/s1. The summed E-state index contributed by atoms with van der Waals surface area (Å²) in [7, 11) is 0. The Labute approximate surface area is 182 Å². The molecule has 1 aromatic carbocycles. The summed E-state index contributed by atoms with van der Waals surface area (Å²) in [6, 6.07) is 8.48. The Bertz CT molecular complexity index is 1210. The van der Waals surface area contributed by atoms with Crippen LogP contribution in [0.4, 0.5) is 5.69 Å². The maximum atomic E-state index is 12.7. The first-order valence-electron chi connectivity index (χ1n) is 9.69. The summed E-state index contributed by atoms with van der Waals surface area (Å²) in [5.41, 5.74) is 2.80. The lowest BCUT2D eigenvalue weighted by molar-refractivity contribution is -0.115. The number of thioether (sulfide) groups is 1. The second-order valence-corrected chi connectivity index (χ2v) is 8.76. The van der Waals surface area contributed by atoms with Gasteiger partial charge in [-0.3, -0.25) is 14.2 Å². The number of ketones is 1. The third-order valence-electron chi connectivity index (χ3n) is 5.06. The highest BCUT2D eigenvalue weighted by Gasteiger charge is 2.25. The first kappa shape index (κ1) is 20.9. The molecular weight excluding hydrogens is 418 g/mol. The number of nitrogens with one attached hydrogen (secondary N) is 1. The topological polar surface area (TPSA) is 103 Å². The molecule has 1 aliphatic heterocycles. The van der Waals surface area contributed by atoms with Crippen LogP contribution in [0.15, 0.2) is 39.8 Å². The molecule has 2 aromatic heterocycles. The van der Waals surface area contributed by atoms with Gasteiger partial charge in [-0.25, -0.2) is 4.79 Å². The van der Waals surface area contributed by atoms with Crippen molar-refractivity contribution in [1.82, 2.24) is 9.72 Å². The molecule has 0 bridgehead atoms. The fourth-order valence-corrected chi connectivity index (χ4v) is 4.41. The van der Waals surface area contributed by atoms with Gasteiger partial charge in [0, 0.05) is 27.9 Å². The molecule has 0 fully saturated rings. The summed E-state index contributed by atoms with van der Waals surface area (Å²) in [5, 5.41) is 6.59. The van der Waals surface area contributed by atoms with Gasteiger partial charge in [0.2, 0.25) is 11.7 Å². The maximum absolute atomic E-state index is 12.7. The van der Waals surface area contributed by atoms with Gasteiger partial charge in [-0.1, -0.05) is 5.16 Å².